The van der Waals surface area contributed by atoms with E-state index >= 15 is 0 Å². The summed E-state index contributed by atoms with van der Waals surface area (Å²) in [5.41, 5.74) is -0.886. The molecule has 0 aromatic carbocycles. The van der Waals surface area contributed by atoms with Gasteiger partial charge in [-0.25, -0.2) is 4.79 Å². The van der Waals surface area contributed by atoms with Crippen LogP contribution in [0, 0.1) is 5.92 Å². The first-order valence-corrected chi connectivity index (χ1v) is 5.76. The highest BCUT2D eigenvalue weighted by Crippen LogP contribution is 2.31. The average Bonchev–Trinajstić information content (AvgIpc) is 2.21. The minimum absolute atomic E-state index is 0.0508. The van der Waals surface area contributed by atoms with Crippen LogP contribution in [0.4, 0.5) is 4.79 Å². The number of aliphatic carboxylic acids is 1. The van der Waals surface area contributed by atoms with E-state index in [-0.39, 0.29) is 19.5 Å². The lowest BCUT2D eigenvalue weighted by Gasteiger charge is -2.41. The zero-order valence-electron chi connectivity index (χ0n) is 11.6. The third-order valence-electron chi connectivity index (χ3n) is 2.69. The summed E-state index contributed by atoms with van der Waals surface area (Å²) in [6.45, 7) is 4.94. The number of carboxylic acids is 1. The van der Waals surface area contributed by atoms with Crippen LogP contribution >= 0.6 is 0 Å². The molecule has 0 saturated heterocycles. The fourth-order valence-electron chi connectivity index (χ4n) is 1.90. The highest BCUT2D eigenvalue weighted by atomic mass is 16.6. The molecule has 0 heterocycles. The van der Waals surface area contributed by atoms with Gasteiger partial charge in [0.1, 0.15) is 12.1 Å². The Kier molecular flexibility index (Phi) is 3.54. The number of carboxylic acid groups (broad SMARTS) is 1. The van der Waals surface area contributed by atoms with E-state index in [9.17, 15) is 9.59 Å². The van der Waals surface area contributed by atoms with Crippen LogP contribution in [-0.4, -0.2) is 40.3 Å². The maximum Gasteiger partial charge on any atom is 0.411 e. The predicted molar refractivity (Wildman–Crippen MR) is 62.8 cm³/mol. The maximum atomic E-state index is 12.0. The lowest BCUT2D eigenvalue weighted by Crippen LogP contribution is -2.50. The number of carbonyl (C=O) groups excluding carboxylic acids is 1. The molecule has 1 amide bonds. The number of hydrogen-bond donors (Lipinski definition) is 1. The number of amides is 1. The Hall–Kier alpha value is -1.26. The molecule has 5 heteroatoms. The molecule has 1 fully saturated rings. The SMILES string of the molecule is [2H]CC(C)(C)OC(=O)N(CC(=O)O)C1CC(C)C1. The summed E-state index contributed by atoms with van der Waals surface area (Å²) in [6, 6.07) is -0.0508. The molecule has 0 spiro atoms. The summed E-state index contributed by atoms with van der Waals surface area (Å²) in [5.74, 6) is -0.529. The maximum absolute atomic E-state index is 12.0. The summed E-state index contributed by atoms with van der Waals surface area (Å²) in [4.78, 5) is 24.0. The fraction of sp³-hybridized carbons (Fsp3) is 0.833. The molecule has 0 radical (unpaired) electrons. The van der Waals surface area contributed by atoms with E-state index in [4.69, 9.17) is 11.2 Å². The molecule has 1 aliphatic carbocycles. The van der Waals surface area contributed by atoms with Crippen molar-refractivity contribution in [3.8, 4) is 0 Å². The summed E-state index contributed by atoms with van der Waals surface area (Å²) < 4.78 is 12.4. The molecule has 1 N–H and O–H groups in total. The number of rotatable bonds is 3. The van der Waals surface area contributed by atoms with Crippen LogP contribution in [0.25, 0.3) is 0 Å². The second-order valence-electron chi connectivity index (χ2n) is 5.38. The Balaban J connectivity index is 2.64. The quantitative estimate of drug-likeness (QED) is 0.825. The second kappa shape index (κ2) is 4.94. The Morgan fingerprint density at radius 1 is 1.53 bits per heavy atom. The van der Waals surface area contributed by atoms with Crippen LogP contribution in [0.3, 0.4) is 0 Å². The first kappa shape index (κ1) is 12.2. The van der Waals surface area contributed by atoms with Crippen molar-refractivity contribution in [2.24, 2.45) is 5.92 Å². The molecule has 17 heavy (non-hydrogen) atoms. The predicted octanol–water partition coefficient (Wildman–Crippen LogP) is 2.11. The molecule has 0 unspecified atom stereocenters. The van der Waals surface area contributed by atoms with Crippen molar-refractivity contribution in [1.82, 2.24) is 4.90 Å². The van der Waals surface area contributed by atoms with Crippen LogP contribution in [0.2, 0.25) is 0 Å². The molecular weight excluding hydrogens is 222 g/mol. The number of nitrogens with zero attached hydrogens (tertiary/aromatic N) is 1. The third kappa shape index (κ3) is 4.24. The molecule has 0 aliphatic heterocycles. The Labute approximate surface area is 103 Å². The molecule has 0 atom stereocenters. The Morgan fingerprint density at radius 3 is 2.53 bits per heavy atom. The summed E-state index contributed by atoms with van der Waals surface area (Å²) in [6.07, 6.45) is 0.986. The van der Waals surface area contributed by atoms with Crippen molar-refractivity contribution in [1.29, 1.82) is 0 Å². The highest BCUT2D eigenvalue weighted by Gasteiger charge is 2.36. The van der Waals surface area contributed by atoms with Gasteiger partial charge in [-0.15, -0.1) is 0 Å². The van der Waals surface area contributed by atoms with E-state index in [1.54, 1.807) is 13.8 Å². The van der Waals surface area contributed by atoms with E-state index in [2.05, 4.69) is 6.92 Å². The molecular formula is C12H21NO4. The molecule has 1 rings (SSSR count). The molecule has 98 valence electrons. The zero-order chi connectivity index (χ0) is 13.9. The minimum Gasteiger partial charge on any atom is -0.480 e. The van der Waals surface area contributed by atoms with Gasteiger partial charge in [-0.05, 0) is 39.5 Å². The van der Waals surface area contributed by atoms with Gasteiger partial charge in [0, 0.05) is 7.41 Å². The topological polar surface area (TPSA) is 66.8 Å². The monoisotopic (exact) mass is 244 g/mol. The van der Waals surface area contributed by atoms with Crippen LogP contribution in [0.5, 0.6) is 0 Å². The molecule has 0 aromatic heterocycles. The van der Waals surface area contributed by atoms with Crippen molar-refractivity contribution in [2.45, 2.75) is 52.2 Å². The second-order valence-corrected chi connectivity index (χ2v) is 5.38. The standard InChI is InChI=1S/C12H21NO4/c1-8-5-9(6-8)13(7-10(14)15)11(16)17-12(2,3)4/h8-9H,5-7H2,1-4H3,(H,14,15)/i2D. The van der Waals surface area contributed by atoms with Gasteiger partial charge in [-0.3, -0.25) is 9.69 Å². The summed E-state index contributed by atoms with van der Waals surface area (Å²) in [7, 11) is 0. The smallest absolute Gasteiger partial charge is 0.411 e. The zero-order valence-corrected chi connectivity index (χ0v) is 10.6. The molecule has 1 aliphatic rings. The first-order chi connectivity index (χ1) is 8.25. The Morgan fingerprint density at radius 2 is 2.12 bits per heavy atom. The molecule has 1 saturated carbocycles. The molecule has 5 nitrogen and oxygen atoms in total. The average molecular weight is 244 g/mol. The lowest BCUT2D eigenvalue weighted by atomic mass is 9.81. The van der Waals surface area contributed by atoms with Crippen molar-refractivity contribution in [3.63, 3.8) is 0 Å². The van der Waals surface area contributed by atoms with Gasteiger partial charge in [0.2, 0.25) is 0 Å². The van der Waals surface area contributed by atoms with Crippen molar-refractivity contribution in [2.75, 3.05) is 6.54 Å². The minimum atomic E-state index is -1.05. The van der Waals surface area contributed by atoms with E-state index in [0.29, 0.717) is 5.92 Å². The summed E-state index contributed by atoms with van der Waals surface area (Å²) >= 11 is 0. The molecule has 0 aromatic rings. The normalized spacial score (nSPS) is 24.5. The fourth-order valence-corrected chi connectivity index (χ4v) is 1.90. The van der Waals surface area contributed by atoms with Gasteiger partial charge in [-0.2, -0.15) is 0 Å². The number of hydrogen-bond acceptors (Lipinski definition) is 3. The van der Waals surface area contributed by atoms with Gasteiger partial charge in [0.25, 0.3) is 0 Å². The van der Waals surface area contributed by atoms with Gasteiger partial charge in [0.05, 0.1) is 0 Å². The van der Waals surface area contributed by atoms with Gasteiger partial charge < -0.3 is 9.84 Å². The van der Waals surface area contributed by atoms with Crippen LogP contribution < -0.4 is 0 Å². The number of carbonyl (C=O) groups is 2. The van der Waals surface area contributed by atoms with Crippen molar-refractivity contribution < 1.29 is 20.8 Å². The first-order valence-electron chi connectivity index (χ1n) is 6.46. The van der Waals surface area contributed by atoms with Crippen molar-refractivity contribution >= 4 is 12.1 Å². The van der Waals surface area contributed by atoms with Gasteiger partial charge >= 0.3 is 12.1 Å². The summed E-state index contributed by atoms with van der Waals surface area (Å²) in [5, 5.41) is 8.84. The van der Waals surface area contributed by atoms with E-state index in [1.165, 1.54) is 4.90 Å². The lowest BCUT2D eigenvalue weighted by molar-refractivity contribution is -0.139. The van der Waals surface area contributed by atoms with Gasteiger partial charge in [-0.1, -0.05) is 6.92 Å². The van der Waals surface area contributed by atoms with Crippen molar-refractivity contribution in [3.05, 3.63) is 0 Å². The van der Waals surface area contributed by atoms with Crippen LogP contribution in [-0.2, 0) is 9.53 Å². The van der Waals surface area contributed by atoms with E-state index in [0.717, 1.165) is 12.8 Å². The largest absolute Gasteiger partial charge is 0.480 e. The Bertz CT molecular complexity index is 326. The van der Waals surface area contributed by atoms with E-state index < -0.39 is 17.7 Å². The molecule has 0 bridgehead atoms. The highest BCUT2D eigenvalue weighted by molar-refractivity contribution is 5.77. The van der Waals surface area contributed by atoms with E-state index in [1.807, 2.05) is 0 Å². The van der Waals surface area contributed by atoms with Crippen LogP contribution in [0.1, 0.15) is 41.9 Å². The van der Waals surface area contributed by atoms with Crippen LogP contribution in [0.15, 0.2) is 0 Å². The third-order valence-corrected chi connectivity index (χ3v) is 2.69. The number of ether oxygens (including phenoxy) is 1. The van der Waals surface area contributed by atoms with Gasteiger partial charge in [0.15, 0.2) is 0 Å².